The van der Waals surface area contributed by atoms with Crippen LogP contribution in [0, 0.1) is 5.92 Å². The number of rotatable bonds is 2. The smallest absolute Gasteiger partial charge is 0.0223 e. The number of hydrogen-bond donors (Lipinski definition) is 1. The molecule has 3 heteroatoms. The highest BCUT2D eigenvalue weighted by atomic mass is 15.3. The van der Waals surface area contributed by atoms with E-state index in [0.29, 0.717) is 6.04 Å². The minimum atomic E-state index is 0.463. The maximum absolute atomic E-state index is 6.40. The Morgan fingerprint density at radius 2 is 1.68 bits per heavy atom. The second kappa shape index (κ2) is 6.55. The third-order valence-electron chi connectivity index (χ3n) is 5.60. The Bertz CT molecular complexity index is 281. The molecule has 0 aromatic carbocycles. The molecule has 0 amide bonds. The van der Waals surface area contributed by atoms with Crippen LogP contribution in [0.15, 0.2) is 0 Å². The van der Waals surface area contributed by atoms with E-state index < -0.39 is 0 Å². The van der Waals surface area contributed by atoms with Crippen LogP contribution in [-0.4, -0.2) is 54.6 Å². The topological polar surface area (TPSA) is 32.5 Å². The summed E-state index contributed by atoms with van der Waals surface area (Å²) in [4.78, 5) is 5.47. The van der Waals surface area contributed by atoms with E-state index in [1.807, 2.05) is 0 Å². The molecule has 3 aliphatic rings. The van der Waals surface area contributed by atoms with E-state index >= 15 is 0 Å². The summed E-state index contributed by atoms with van der Waals surface area (Å²) in [5.41, 5.74) is 6.40. The van der Waals surface area contributed by atoms with Gasteiger partial charge in [-0.1, -0.05) is 19.3 Å². The molecule has 3 rings (SSSR count). The molecule has 3 nitrogen and oxygen atoms in total. The van der Waals surface area contributed by atoms with Crippen molar-refractivity contribution in [1.29, 1.82) is 0 Å². The summed E-state index contributed by atoms with van der Waals surface area (Å²) in [5, 5.41) is 0. The van der Waals surface area contributed by atoms with Gasteiger partial charge >= 0.3 is 0 Å². The molecule has 0 aromatic heterocycles. The highest BCUT2D eigenvalue weighted by molar-refractivity contribution is 4.87. The van der Waals surface area contributed by atoms with Gasteiger partial charge in [0.05, 0.1) is 0 Å². The summed E-state index contributed by atoms with van der Waals surface area (Å²) in [6.45, 7) is 6.56. The van der Waals surface area contributed by atoms with Crippen molar-refractivity contribution in [3.05, 3.63) is 0 Å². The molecule has 0 radical (unpaired) electrons. The molecular formula is C16H31N3. The zero-order chi connectivity index (χ0) is 13.1. The van der Waals surface area contributed by atoms with E-state index in [1.54, 1.807) is 0 Å². The van der Waals surface area contributed by atoms with Crippen molar-refractivity contribution < 1.29 is 0 Å². The van der Waals surface area contributed by atoms with Gasteiger partial charge in [0.15, 0.2) is 0 Å². The van der Waals surface area contributed by atoms with E-state index in [2.05, 4.69) is 9.80 Å². The second-order valence-corrected chi connectivity index (χ2v) is 7.01. The van der Waals surface area contributed by atoms with Crippen molar-refractivity contribution in [1.82, 2.24) is 9.80 Å². The van der Waals surface area contributed by atoms with Crippen LogP contribution >= 0.6 is 0 Å². The van der Waals surface area contributed by atoms with Gasteiger partial charge in [0.1, 0.15) is 0 Å². The number of hydrogen-bond acceptors (Lipinski definition) is 3. The molecule has 0 spiro atoms. The molecule has 2 aliphatic heterocycles. The van der Waals surface area contributed by atoms with E-state index in [1.165, 1.54) is 84.1 Å². The SMILES string of the molecule is NC1CCCCCC1CN1CCCN2CCCC2C1. The fraction of sp³-hybridized carbons (Fsp3) is 1.00. The Kier molecular flexibility index (Phi) is 4.78. The van der Waals surface area contributed by atoms with Crippen LogP contribution in [0.3, 0.4) is 0 Å². The largest absolute Gasteiger partial charge is 0.327 e. The average Bonchev–Trinajstić information content (AvgIpc) is 2.62. The highest BCUT2D eigenvalue weighted by Crippen LogP contribution is 2.26. The summed E-state index contributed by atoms with van der Waals surface area (Å²) in [7, 11) is 0. The normalized spacial score (nSPS) is 38.7. The predicted octanol–water partition coefficient (Wildman–Crippen LogP) is 2.06. The van der Waals surface area contributed by atoms with Gasteiger partial charge in [0, 0.05) is 25.2 Å². The molecule has 2 heterocycles. The van der Waals surface area contributed by atoms with Crippen LogP contribution in [0.1, 0.15) is 51.4 Å². The molecule has 19 heavy (non-hydrogen) atoms. The minimum Gasteiger partial charge on any atom is -0.327 e. The summed E-state index contributed by atoms with van der Waals surface area (Å²) < 4.78 is 0. The van der Waals surface area contributed by atoms with E-state index in [-0.39, 0.29) is 0 Å². The van der Waals surface area contributed by atoms with Gasteiger partial charge in [-0.2, -0.15) is 0 Å². The van der Waals surface area contributed by atoms with E-state index in [9.17, 15) is 0 Å². The Balaban J connectivity index is 1.55. The fourth-order valence-corrected chi connectivity index (χ4v) is 4.42. The maximum Gasteiger partial charge on any atom is 0.0223 e. The molecule has 2 saturated heterocycles. The molecule has 1 saturated carbocycles. The Hall–Kier alpha value is -0.120. The first-order valence-corrected chi connectivity index (χ1v) is 8.55. The van der Waals surface area contributed by atoms with Gasteiger partial charge in [0.2, 0.25) is 0 Å². The molecule has 3 atom stereocenters. The van der Waals surface area contributed by atoms with Crippen LogP contribution < -0.4 is 5.73 Å². The molecule has 0 aromatic rings. The Labute approximate surface area is 118 Å². The van der Waals surface area contributed by atoms with Crippen molar-refractivity contribution in [2.45, 2.75) is 63.5 Å². The van der Waals surface area contributed by atoms with Crippen molar-refractivity contribution >= 4 is 0 Å². The lowest BCUT2D eigenvalue weighted by Gasteiger charge is -2.31. The van der Waals surface area contributed by atoms with Crippen molar-refractivity contribution in [3.63, 3.8) is 0 Å². The number of nitrogens with two attached hydrogens (primary N) is 1. The van der Waals surface area contributed by atoms with Crippen LogP contribution in [-0.2, 0) is 0 Å². The molecule has 1 aliphatic carbocycles. The van der Waals surface area contributed by atoms with Crippen molar-refractivity contribution in [2.75, 3.05) is 32.7 Å². The van der Waals surface area contributed by atoms with Crippen LogP contribution in [0.2, 0.25) is 0 Å². The first-order valence-electron chi connectivity index (χ1n) is 8.55. The highest BCUT2D eigenvalue weighted by Gasteiger charge is 2.30. The standard InChI is InChI=1S/C16H31N3/c17-16-8-3-1-2-6-14(16)12-18-9-5-11-19-10-4-7-15(19)13-18/h14-16H,1-13,17H2. The van der Waals surface area contributed by atoms with Gasteiger partial charge in [-0.25, -0.2) is 0 Å². The van der Waals surface area contributed by atoms with Gasteiger partial charge in [-0.15, -0.1) is 0 Å². The van der Waals surface area contributed by atoms with Crippen LogP contribution in [0.4, 0.5) is 0 Å². The molecule has 110 valence electrons. The molecule has 0 bridgehead atoms. The Morgan fingerprint density at radius 3 is 2.63 bits per heavy atom. The van der Waals surface area contributed by atoms with Gasteiger partial charge in [-0.05, 0) is 57.7 Å². The average molecular weight is 265 g/mol. The molecule has 2 N–H and O–H groups in total. The van der Waals surface area contributed by atoms with Gasteiger partial charge < -0.3 is 10.6 Å². The number of nitrogens with zero attached hydrogens (tertiary/aromatic N) is 2. The fourth-order valence-electron chi connectivity index (χ4n) is 4.42. The second-order valence-electron chi connectivity index (χ2n) is 7.01. The first kappa shape index (κ1) is 13.8. The van der Waals surface area contributed by atoms with Crippen LogP contribution in [0.5, 0.6) is 0 Å². The third kappa shape index (κ3) is 3.50. The zero-order valence-corrected chi connectivity index (χ0v) is 12.4. The third-order valence-corrected chi connectivity index (χ3v) is 5.60. The number of fused-ring (bicyclic) bond motifs is 1. The van der Waals surface area contributed by atoms with Gasteiger partial charge in [0.25, 0.3) is 0 Å². The lowest BCUT2D eigenvalue weighted by molar-refractivity contribution is 0.184. The van der Waals surface area contributed by atoms with E-state index in [4.69, 9.17) is 5.73 Å². The van der Waals surface area contributed by atoms with Crippen LogP contribution in [0.25, 0.3) is 0 Å². The summed E-state index contributed by atoms with van der Waals surface area (Å²) in [6.07, 6.45) is 11.0. The van der Waals surface area contributed by atoms with Crippen molar-refractivity contribution in [3.8, 4) is 0 Å². The predicted molar refractivity (Wildman–Crippen MR) is 80.2 cm³/mol. The van der Waals surface area contributed by atoms with E-state index in [0.717, 1.165) is 12.0 Å². The lowest BCUT2D eigenvalue weighted by Crippen LogP contribution is -2.42. The summed E-state index contributed by atoms with van der Waals surface area (Å²) >= 11 is 0. The minimum absolute atomic E-state index is 0.463. The lowest BCUT2D eigenvalue weighted by atomic mass is 9.94. The molecule has 3 unspecified atom stereocenters. The van der Waals surface area contributed by atoms with Gasteiger partial charge in [-0.3, -0.25) is 4.90 Å². The van der Waals surface area contributed by atoms with Crippen molar-refractivity contribution in [2.24, 2.45) is 11.7 Å². The monoisotopic (exact) mass is 265 g/mol. The quantitative estimate of drug-likeness (QED) is 0.776. The Morgan fingerprint density at radius 1 is 0.842 bits per heavy atom. The zero-order valence-electron chi connectivity index (χ0n) is 12.4. The summed E-state index contributed by atoms with van der Waals surface area (Å²) in [5.74, 6) is 0.760. The molecular weight excluding hydrogens is 234 g/mol. The molecule has 3 fully saturated rings. The summed E-state index contributed by atoms with van der Waals surface area (Å²) in [6, 6.07) is 1.31. The first-order chi connectivity index (χ1) is 9.33. The maximum atomic E-state index is 6.40.